The molecule has 7 nitrogen and oxygen atoms in total. The highest BCUT2D eigenvalue weighted by molar-refractivity contribution is 5.95. The molecule has 0 unspecified atom stereocenters. The van der Waals surface area contributed by atoms with Crippen LogP contribution < -0.4 is 10.9 Å². The predicted molar refractivity (Wildman–Crippen MR) is 99.4 cm³/mol. The fourth-order valence-electron chi connectivity index (χ4n) is 3.22. The van der Waals surface area contributed by atoms with Gasteiger partial charge in [-0.25, -0.2) is 0 Å². The predicted octanol–water partition coefficient (Wildman–Crippen LogP) is 3.21. The summed E-state index contributed by atoms with van der Waals surface area (Å²) in [5, 5.41) is 7.10. The van der Waals surface area contributed by atoms with Crippen LogP contribution in [0.5, 0.6) is 0 Å². The molecule has 0 aliphatic carbocycles. The second kappa shape index (κ2) is 6.74. The summed E-state index contributed by atoms with van der Waals surface area (Å²) in [5.74, 6) is 0.174. The summed E-state index contributed by atoms with van der Waals surface area (Å²) in [6, 6.07) is 5.15. The normalized spacial score (nSPS) is 12.3. The van der Waals surface area contributed by atoms with E-state index in [-0.39, 0.29) is 17.2 Å². The van der Waals surface area contributed by atoms with Crippen LogP contribution in [0, 0.1) is 27.7 Å². The van der Waals surface area contributed by atoms with Crippen LogP contribution in [0.3, 0.4) is 0 Å². The van der Waals surface area contributed by atoms with Gasteiger partial charge in [-0.15, -0.1) is 0 Å². The van der Waals surface area contributed by atoms with Gasteiger partial charge >= 0.3 is 0 Å². The third-order valence-corrected chi connectivity index (χ3v) is 4.62. The van der Waals surface area contributed by atoms with Gasteiger partial charge in [0.2, 0.25) is 5.91 Å². The molecule has 0 aliphatic rings. The lowest BCUT2D eigenvalue weighted by Crippen LogP contribution is -2.35. The van der Waals surface area contributed by atoms with Crippen molar-refractivity contribution in [2.75, 3.05) is 5.32 Å². The first-order chi connectivity index (χ1) is 12.3. The number of aryl methyl sites for hydroxylation is 4. The fourth-order valence-corrected chi connectivity index (χ4v) is 3.22. The first-order valence-electron chi connectivity index (χ1n) is 8.57. The Hall–Kier alpha value is -2.96. The topological polar surface area (TPSA) is 90.0 Å². The van der Waals surface area contributed by atoms with Crippen molar-refractivity contribution in [2.24, 2.45) is 0 Å². The van der Waals surface area contributed by atoms with Gasteiger partial charge in [0.05, 0.1) is 5.69 Å². The molecule has 3 aromatic rings. The molecule has 0 saturated carbocycles. The van der Waals surface area contributed by atoms with Crippen molar-refractivity contribution in [3.63, 3.8) is 0 Å². The fraction of sp³-hybridized carbons (Fsp3) is 0.368. The number of rotatable bonds is 4. The monoisotopic (exact) mass is 354 g/mol. The van der Waals surface area contributed by atoms with E-state index in [0.717, 1.165) is 16.8 Å². The van der Waals surface area contributed by atoms with Crippen LogP contribution in [-0.2, 0) is 4.79 Å². The quantitative estimate of drug-likeness (QED) is 0.777. The molecule has 3 rings (SSSR count). The van der Waals surface area contributed by atoms with E-state index < -0.39 is 6.04 Å². The van der Waals surface area contributed by atoms with Crippen molar-refractivity contribution in [1.82, 2.24) is 14.7 Å². The van der Waals surface area contributed by atoms with Gasteiger partial charge < -0.3 is 9.84 Å². The zero-order valence-electron chi connectivity index (χ0n) is 15.6. The number of carbonyl (C=O) groups excluding carboxylic acids is 1. The molecule has 26 heavy (non-hydrogen) atoms. The van der Waals surface area contributed by atoms with Gasteiger partial charge in [0.1, 0.15) is 17.3 Å². The molecule has 0 radical (unpaired) electrons. The molecule has 2 heterocycles. The van der Waals surface area contributed by atoms with E-state index in [1.54, 1.807) is 13.8 Å². The highest BCUT2D eigenvalue weighted by atomic mass is 16.5. The SMILES string of the molecule is CC[C@@H](C(=O)Nc1c(C)cccc1C)n1c(C)nc2onc(C)c2c1=O. The Morgan fingerprint density at radius 3 is 2.50 bits per heavy atom. The number of benzene rings is 1. The first kappa shape index (κ1) is 17.8. The molecular weight excluding hydrogens is 332 g/mol. The van der Waals surface area contributed by atoms with Crippen molar-refractivity contribution < 1.29 is 9.32 Å². The van der Waals surface area contributed by atoms with E-state index in [1.165, 1.54) is 4.57 Å². The molecule has 0 bridgehead atoms. The average Bonchev–Trinajstić information content (AvgIpc) is 2.95. The molecule has 1 amide bonds. The number of aromatic nitrogens is 3. The number of nitrogens with zero attached hydrogens (tertiary/aromatic N) is 3. The van der Waals surface area contributed by atoms with E-state index in [9.17, 15) is 9.59 Å². The van der Waals surface area contributed by atoms with Crippen LogP contribution in [0.2, 0.25) is 0 Å². The smallest absolute Gasteiger partial charge is 0.267 e. The summed E-state index contributed by atoms with van der Waals surface area (Å²) in [5.41, 5.74) is 3.08. The van der Waals surface area contributed by atoms with Crippen molar-refractivity contribution in [3.8, 4) is 0 Å². The lowest BCUT2D eigenvalue weighted by atomic mass is 10.1. The summed E-state index contributed by atoms with van der Waals surface area (Å²) in [4.78, 5) is 30.2. The van der Waals surface area contributed by atoms with E-state index >= 15 is 0 Å². The second-order valence-electron chi connectivity index (χ2n) is 6.46. The van der Waals surface area contributed by atoms with Crippen LogP contribution in [0.25, 0.3) is 11.1 Å². The van der Waals surface area contributed by atoms with Crippen molar-refractivity contribution in [3.05, 3.63) is 51.2 Å². The molecule has 0 saturated heterocycles. The lowest BCUT2D eigenvalue weighted by molar-refractivity contribution is -0.119. The second-order valence-corrected chi connectivity index (χ2v) is 6.46. The maximum atomic E-state index is 13.0. The Morgan fingerprint density at radius 1 is 1.23 bits per heavy atom. The molecule has 1 atom stereocenters. The molecule has 1 N–H and O–H groups in total. The Labute approximate surface area is 151 Å². The highest BCUT2D eigenvalue weighted by Crippen LogP contribution is 2.23. The van der Waals surface area contributed by atoms with Crippen LogP contribution in [0.1, 0.15) is 42.0 Å². The van der Waals surface area contributed by atoms with E-state index in [2.05, 4.69) is 15.5 Å². The summed E-state index contributed by atoms with van der Waals surface area (Å²) in [6.45, 7) is 9.12. The Kier molecular flexibility index (Phi) is 4.63. The van der Waals surface area contributed by atoms with Crippen molar-refractivity contribution in [2.45, 2.75) is 47.1 Å². The van der Waals surface area contributed by atoms with Gasteiger partial charge in [0, 0.05) is 5.69 Å². The Bertz CT molecular complexity index is 1030. The minimum atomic E-state index is -0.673. The number of hydrogen-bond donors (Lipinski definition) is 1. The van der Waals surface area contributed by atoms with E-state index in [4.69, 9.17) is 4.52 Å². The summed E-state index contributed by atoms with van der Waals surface area (Å²) in [6.07, 6.45) is 0.453. The Morgan fingerprint density at radius 2 is 1.88 bits per heavy atom. The number of para-hydroxylation sites is 1. The zero-order valence-corrected chi connectivity index (χ0v) is 15.6. The standard InChI is InChI=1S/C19H22N4O3/c1-6-14(17(24)21-16-10(2)8-7-9-11(16)3)23-13(5)20-18-15(19(23)25)12(4)22-26-18/h7-9,14H,6H2,1-5H3,(H,21,24)/t14-/m0/s1. The molecular formula is C19H22N4O3. The molecule has 0 fully saturated rings. The largest absolute Gasteiger partial charge is 0.335 e. The van der Waals surface area contributed by atoms with Crippen LogP contribution in [0.4, 0.5) is 5.69 Å². The van der Waals surface area contributed by atoms with Gasteiger partial charge in [-0.3, -0.25) is 14.2 Å². The van der Waals surface area contributed by atoms with Crippen molar-refractivity contribution >= 4 is 22.7 Å². The Balaban J connectivity index is 2.06. The van der Waals surface area contributed by atoms with Gasteiger partial charge in [-0.2, -0.15) is 4.98 Å². The third kappa shape index (κ3) is 2.89. The van der Waals surface area contributed by atoms with Gasteiger partial charge in [-0.1, -0.05) is 30.3 Å². The van der Waals surface area contributed by atoms with Gasteiger partial charge in [-0.05, 0) is 45.2 Å². The summed E-state index contributed by atoms with van der Waals surface area (Å²) < 4.78 is 6.52. The van der Waals surface area contributed by atoms with Crippen LogP contribution in [-0.4, -0.2) is 20.6 Å². The molecule has 2 aromatic heterocycles. The summed E-state index contributed by atoms with van der Waals surface area (Å²) >= 11 is 0. The van der Waals surface area contributed by atoms with Crippen LogP contribution in [0.15, 0.2) is 27.5 Å². The minimum Gasteiger partial charge on any atom is -0.335 e. The van der Waals surface area contributed by atoms with E-state index in [1.807, 2.05) is 39.0 Å². The van der Waals surface area contributed by atoms with E-state index in [0.29, 0.717) is 23.3 Å². The summed E-state index contributed by atoms with van der Waals surface area (Å²) in [7, 11) is 0. The first-order valence-corrected chi connectivity index (χ1v) is 8.57. The van der Waals surface area contributed by atoms with Crippen molar-refractivity contribution in [1.29, 1.82) is 0 Å². The maximum Gasteiger partial charge on any atom is 0.267 e. The van der Waals surface area contributed by atoms with Gasteiger partial charge in [0.15, 0.2) is 0 Å². The third-order valence-electron chi connectivity index (χ3n) is 4.62. The highest BCUT2D eigenvalue weighted by Gasteiger charge is 2.25. The zero-order chi connectivity index (χ0) is 19.0. The molecule has 7 heteroatoms. The molecule has 1 aromatic carbocycles. The molecule has 0 spiro atoms. The minimum absolute atomic E-state index is 0.200. The molecule has 0 aliphatic heterocycles. The lowest BCUT2D eigenvalue weighted by Gasteiger charge is -2.21. The number of hydrogen-bond acceptors (Lipinski definition) is 5. The number of nitrogens with one attached hydrogen (secondary N) is 1. The number of amides is 1. The van der Waals surface area contributed by atoms with Gasteiger partial charge in [0.25, 0.3) is 11.3 Å². The molecule has 136 valence electrons. The number of fused-ring (bicyclic) bond motifs is 1. The van der Waals surface area contributed by atoms with Crippen LogP contribution >= 0.6 is 0 Å². The number of carbonyl (C=O) groups is 1. The maximum absolute atomic E-state index is 13.0. The number of anilines is 1. The average molecular weight is 354 g/mol.